The second kappa shape index (κ2) is 6.25. The monoisotopic (exact) mass is 370 g/mol. The van der Waals surface area contributed by atoms with E-state index in [1.807, 2.05) is 0 Å². The number of benzene rings is 1. The van der Waals surface area contributed by atoms with Crippen LogP contribution in [-0.2, 0) is 15.6 Å². The number of halogens is 8. The van der Waals surface area contributed by atoms with E-state index in [9.17, 15) is 43.5 Å². The largest absolute Gasteiger partial charge is 0.410 e. The maximum absolute atomic E-state index is 13.5. The molecular formula is C12H10F8O2S. The molecule has 0 fully saturated rings. The number of hydrogen-bond donors (Lipinski definition) is 0. The van der Waals surface area contributed by atoms with E-state index < -0.39 is 45.5 Å². The van der Waals surface area contributed by atoms with Crippen molar-refractivity contribution in [2.24, 2.45) is 0 Å². The minimum Gasteiger partial charge on any atom is -0.240 e. The summed E-state index contributed by atoms with van der Waals surface area (Å²) in [7, 11) is -5.96. The molecule has 0 aliphatic carbocycles. The standard InChI is InChI=1S/C12H10F8O2S/c13-9(6-10(14,15)16)11(17,18)12(19,20)23(21,22)7-8-4-2-1-3-5-8/h1-5,9H,6-7H2. The highest BCUT2D eigenvalue weighted by Gasteiger charge is 2.70. The van der Waals surface area contributed by atoms with Gasteiger partial charge in [-0.15, -0.1) is 0 Å². The van der Waals surface area contributed by atoms with E-state index in [4.69, 9.17) is 0 Å². The second-order valence-corrected chi connectivity index (χ2v) is 6.70. The fourth-order valence-corrected chi connectivity index (χ4v) is 2.96. The Balaban J connectivity index is 3.11. The van der Waals surface area contributed by atoms with Gasteiger partial charge >= 0.3 is 17.4 Å². The summed E-state index contributed by atoms with van der Waals surface area (Å²) in [5, 5.41) is -6.00. The predicted molar refractivity (Wildman–Crippen MR) is 64.5 cm³/mol. The van der Waals surface area contributed by atoms with Crippen molar-refractivity contribution in [2.75, 3.05) is 0 Å². The van der Waals surface area contributed by atoms with Gasteiger partial charge in [0.25, 0.3) is 0 Å². The maximum Gasteiger partial charge on any atom is 0.410 e. The topological polar surface area (TPSA) is 34.1 Å². The molecule has 0 N–H and O–H groups in total. The molecule has 1 aromatic rings. The molecule has 0 radical (unpaired) electrons. The van der Waals surface area contributed by atoms with Crippen LogP contribution in [0.4, 0.5) is 35.1 Å². The first-order valence-electron chi connectivity index (χ1n) is 5.93. The molecule has 0 heterocycles. The summed E-state index contributed by atoms with van der Waals surface area (Å²) >= 11 is 0. The van der Waals surface area contributed by atoms with E-state index in [0.29, 0.717) is 0 Å². The van der Waals surface area contributed by atoms with Gasteiger partial charge in [0.1, 0.15) is 0 Å². The van der Waals surface area contributed by atoms with E-state index >= 15 is 0 Å². The van der Waals surface area contributed by atoms with Crippen LogP contribution in [0.5, 0.6) is 0 Å². The van der Waals surface area contributed by atoms with E-state index in [0.717, 1.165) is 12.1 Å². The van der Waals surface area contributed by atoms with E-state index in [-0.39, 0.29) is 5.56 Å². The highest BCUT2D eigenvalue weighted by molar-refractivity contribution is 7.91. The molecule has 0 bridgehead atoms. The number of rotatable bonds is 6. The van der Waals surface area contributed by atoms with Gasteiger partial charge in [-0.2, -0.15) is 30.7 Å². The van der Waals surface area contributed by atoms with Crippen molar-refractivity contribution < 1.29 is 43.5 Å². The minimum atomic E-state index is -6.03. The van der Waals surface area contributed by atoms with Crippen molar-refractivity contribution in [2.45, 2.75) is 35.7 Å². The summed E-state index contributed by atoms with van der Waals surface area (Å²) in [6, 6.07) is 5.94. The summed E-state index contributed by atoms with van der Waals surface area (Å²) in [5.41, 5.74) is -0.297. The van der Waals surface area contributed by atoms with Gasteiger partial charge in [-0.05, 0) is 5.56 Å². The van der Waals surface area contributed by atoms with Crippen molar-refractivity contribution in [1.82, 2.24) is 0 Å². The summed E-state index contributed by atoms with van der Waals surface area (Å²) in [6.07, 6.45) is -12.8. The highest BCUT2D eigenvalue weighted by Crippen LogP contribution is 2.46. The first-order chi connectivity index (χ1) is 10.2. The molecular weight excluding hydrogens is 360 g/mol. The molecule has 0 aliphatic rings. The summed E-state index contributed by atoms with van der Waals surface area (Å²) in [5.74, 6) is -7.61. The number of sulfone groups is 1. The first kappa shape index (κ1) is 19.7. The molecule has 0 aromatic heterocycles. The molecule has 1 aromatic carbocycles. The van der Waals surface area contributed by atoms with Crippen LogP contribution < -0.4 is 0 Å². The van der Waals surface area contributed by atoms with Crippen LogP contribution in [0.2, 0.25) is 0 Å². The fourth-order valence-electron chi connectivity index (χ4n) is 1.61. The normalized spacial score (nSPS) is 15.5. The Hall–Kier alpha value is -1.39. The first-order valence-corrected chi connectivity index (χ1v) is 7.58. The van der Waals surface area contributed by atoms with Gasteiger partial charge < -0.3 is 0 Å². The summed E-state index contributed by atoms with van der Waals surface area (Å²) in [4.78, 5) is 0. The van der Waals surface area contributed by atoms with Crippen LogP contribution in [0.15, 0.2) is 30.3 Å². The van der Waals surface area contributed by atoms with Crippen molar-refractivity contribution in [3.63, 3.8) is 0 Å². The van der Waals surface area contributed by atoms with Crippen LogP contribution in [0.1, 0.15) is 12.0 Å². The molecule has 1 atom stereocenters. The molecule has 0 aliphatic heterocycles. The molecule has 2 nitrogen and oxygen atoms in total. The smallest absolute Gasteiger partial charge is 0.240 e. The van der Waals surface area contributed by atoms with E-state index in [2.05, 4.69) is 0 Å². The summed E-state index contributed by atoms with van der Waals surface area (Å²) in [6.45, 7) is 0. The van der Waals surface area contributed by atoms with Crippen LogP contribution in [-0.4, -0.2) is 31.9 Å². The van der Waals surface area contributed by atoms with Crippen LogP contribution in [0.3, 0.4) is 0 Å². The second-order valence-electron chi connectivity index (χ2n) is 4.67. The third kappa shape index (κ3) is 4.33. The zero-order valence-corrected chi connectivity index (χ0v) is 11.9. The molecule has 0 saturated heterocycles. The average molecular weight is 370 g/mol. The summed E-state index contributed by atoms with van der Waals surface area (Å²) < 4.78 is 125. The van der Waals surface area contributed by atoms with Crippen LogP contribution in [0, 0.1) is 0 Å². The van der Waals surface area contributed by atoms with Gasteiger partial charge in [0.15, 0.2) is 6.17 Å². The Morgan fingerprint density at radius 2 is 1.39 bits per heavy atom. The lowest BCUT2D eigenvalue weighted by Crippen LogP contribution is -2.54. The Bertz CT molecular complexity index is 624. The minimum absolute atomic E-state index is 0.297. The van der Waals surface area contributed by atoms with Crippen LogP contribution in [0.25, 0.3) is 0 Å². The van der Waals surface area contributed by atoms with Gasteiger partial charge in [-0.1, -0.05) is 30.3 Å². The lowest BCUT2D eigenvalue weighted by Gasteiger charge is -2.29. The average Bonchev–Trinajstić information content (AvgIpc) is 2.36. The third-order valence-corrected chi connectivity index (χ3v) is 4.55. The molecule has 0 saturated carbocycles. The van der Waals surface area contributed by atoms with Crippen molar-refractivity contribution in [3.05, 3.63) is 35.9 Å². The SMILES string of the molecule is O=S(=O)(Cc1ccccc1)C(F)(F)C(F)(F)C(F)CC(F)(F)F. The quantitative estimate of drug-likeness (QED) is 0.706. The van der Waals surface area contributed by atoms with Crippen molar-refractivity contribution in [1.29, 1.82) is 0 Å². The Morgan fingerprint density at radius 1 is 0.913 bits per heavy atom. The van der Waals surface area contributed by atoms with Crippen LogP contribution >= 0.6 is 0 Å². The van der Waals surface area contributed by atoms with Gasteiger partial charge in [0.2, 0.25) is 9.84 Å². The molecule has 11 heteroatoms. The zero-order valence-electron chi connectivity index (χ0n) is 11.1. The Morgan fingerprint density at radius 3 is 1.83 bits per heavy atom. The molecule has 0 spiro atoms. The Kier molecular flexibility index (Phi) is 5.34. The highest BCUT2D eigenvalue weighted by atomic mass is 32.2. The number of hydrogen-bond acceptors (Lipinski definition) is 2. The predicted octanol–water partition coefficient (Wildman–Crippen LogP) is 4.12. The van der Waals surface area contributed by atoms with Gasteiger partial charge in [0, 0.05) is 0 Å². The van der Waals surface area contributed by atoms with Crippen molar-refractivity contribution in [3.8, 4) is 0 Å². The fraction of sp³-hybridized carbons (Fsp3) is 0.500. The van der Waals surface area contributed by atoms with Gasteiger partial charge in [-0.3, -0.25) is 0 Å². The molecule has 0 amide bonds. The van der Waals surface area contributed by atoms with Crippen molar-refractivity contribution >= 4 is 9.84 Å². The van der Waals surface area contributed by atoms with Gasteiger partial charge in [-0.25, -0.2) is 12.8 Å². The molecule has 1 unspecified atom stereocenters. The lowest BCUT2D eigenvalue weighted by molar-refractivity contribution is -0.225. The van der Waals surface area contributed by atoms with E-state index in [1.165, 1.54) is 18.2 Å². The van der Waals surface area contributed by atoms with E-state index in [1.54, 1.807) is 0 Å². The lowest BCUT2D eigenvalue weighted by atomic mass is 10.1. The number of alkyl halides is 8. The zero-order chi connectivity index (χ0) is 18.1. The maximum atomic E-state index is 13.5. The molecule has 132 valence electrons. The molecule has 23 heavy (non-hydrogen) atoms. The Labute approximate surface area is 126 Å². The van der Waals surface area contributed by atoms with Gasteiger partial charge in [0.05, 0.1) is 12.2 Å². The third-order valence-electron chi connectivity index (χ3n) is 2.78. The molecule has 1 rings (SSSR count).